The zero-order chi connectivity index (χ0) is 14.4. The minimum atomic E-state index is -4.61. The normalized spacial score (nSPS) is 11.8. The van der Waals surface area contributed by atoms with Gasteiger partial charge >= 0.3 is 6.18 Å². The molecule has 0 aliphatic heterocycles. The van der Waals surface area contributed by atoms with Crippen molar-refractivity contribution < 1.29 is 18.0 Å². The van der Waals surface area contributed by atoms with Crippen LogP contribution in [-0.2, 0) is 13.2 Å². The van der Waals surface area contributed by atoms with Crippen molar-refractivity contribution in [1.82, 2.24) is 9.55 Å². The third-order valence-electron chi connectivity index (χ3n) is 2.56. The molecule has 0 N–H and O–H groups in total. The van der Waals surface area contributed by atoms with Gasteiger partial charge in [0.1, 0.15) is 16.9 Å². The Labute approximate surface area is 109 Å². The van der Waals surface area contributed by atoms with Crippen LogP contribution in [-0.4, -0.2) is 14.8 Å². The molecule has 0 fully saturated rings. The molecule has 0 spiro atoms. The van der Waals surface area contributed by atoms with E-state index in [-0.39, 0.29) is 16.6 Å². The number of nitrogens with zero attached hydrogens (tertiary/aromatic N) is 2. The van der Waals surface area contributed by atoms with E-state index < -0.39 is 22.7 Å². The van der Waals surface area contributed by atoms with E-state index in [0.717, 1.165) is 22.8 Å². The molecule has 19 heavy (non-hydrogen) atoms. The second-order valence-corrected chi connectivity index (χ2v) is 4.15. The largest absolute Gasteiger partial charge is 0.433 e. The first-order valence-corrected chi connectivity index (χ1v) is 5.37. The number of rotatable bonds is 1. The average Bonchev–Trinajstić information content (AvgIpc) is 2.31. The van der Waals surface area contributed by atoms with Gasteiger partial charge in [0.15, 0.2) is 0 Å². The summed E-state index contributed by atoms with van der Waals surface area (Å²) >= 11 is 5.23. The smallest absolute Gasteiger partial charge is 0.295 e. The first-order valence-electron chi connectivity index (χ1n) is 4.99. The van der Waals surface area contributed by atoms with E-state index in [4.69, 9.17) is 11.6 Å². The maximum Gasteiger partial charge on any atom is 0.433 e. The summed E-state index contributed by atoms with van der Waals surface area (Å²) < 4.78 is 38.5. The Bertz CT molecular complexity index is 737. The summed E-state index contributed by atoms with van der Waals surface area (Å²) in [4.78, 5) is 26.2. The Morgan fingerprint density at radius 2 is 2.00 bits per heavy atom. The van der Waals surface area contributed by atoms with Crippen molar-refractivity contribution in [3.05, 3.63) is 39.8 Å². The van der Waals surface area contributed by atoms with Crippen molar-refractivity contribution in [2.75, 3.05) is 0 Å². The second-order valence-electron chi connectivity index (χ2n) is 3.80. The molecule has 2 aromatic rings. The van der Waals surface area contributed by atoms with Crippen molar-refractivity contribution in [3.8, 4) is 0 Å². The van der Waals surface area contributed by atoms with Crippen LogP contribution < -0.4 is 5.56 Å². The number of pyridine rings is 2. The van der Waals surface area contributed by atoms with E-state index in [1.165, 1.54) is 7.05 Å². The highest BCUT2D eigenvalue weighted by Gasteiger charge is 2.32. The van der Waals surface area contributed by atoms with E-state index in [1.807, 2.05) is 0 Å². The lowest BCUT2D eigenvalue weighted by atomic mass is 10.2. The highest BCUT2D eigenvalue weighted by Crippen LogP contribution is 2.28. The maximum atomic E-state index is 12.5. The molecule has 0 radical (unpaired) electrons. The molecule has 4 nitrogen and oxygen atoms in total. The number of hydrogen-bond donors (Lipinski definition) is 0. The molecule has 0 atom stereocenters. The topological polar surface area (TPSA) is 52.0 Å². The average molecular weight is 291 g/mol. The first-order chi connectivity index (χ1) is 8.71. The Hall–Kier alpha value is -1.89. The summed E-state index contributed by atoms with van der Waals surface area (Å²) in [7, 11) is 1.22. The fraction of sp³-hybridized carbons (Fsp3) is 0.182. The first kappa shape index (κ1) is 13.5. The summed E-state index contributed by atoms with van der Waals surface area (Å²) in [6, 6.07) is 3.03. The summed E-state index contributed by atoms with van der Waals surface area (Å²) in [5.41, 5.74) is -2.38. The summed E-state index contributed by atoms with van der Waals surface area (Å²) in [6.07, 6.45) is -4.61. The molecular formula is C11H6ClF3N2O2. The molecule has 0 unspecified atom stereocenters. The highest BCUT2D eigenvalue weighted by molar-refractivity contribution is 6.67. The number of fused-ring (bicyclic) bond motifs is 1. The number of hydrogen-bond acceptors (Lipinski definition) is 3. The van der Waals surface area contributed by atoms with Crippen LogP contribution in [0.25, 0.3) is 11.0 Å². The van der Waals surface area contributed by atoms with E-state index in [0.29, 0.717) is 0 Å². The van der Waals surface area contributed by atoms with Gasteiger partial charge in [-0.2, -0.15) is 13.2 Å². The molecule has 0 saturated carbocycles. The SMILES string of the molecule is Cn1c(=O)c(C(=O)Cl)cc2ccc(C(F)(F)F)nc21. The van der Waals surface area contributed by atoms with Crippen molar-refractivity contribution in [2.24, 2.45) is 7.05 Å². The lowest BCUT2D eigenvalue weighted by molar-refractivity contribution is -0.141. The number of aryl methyl sites for hydroxylation is 1. The third-order valence-corrected chi connectivity index (χ3v) is 2.76. The van der Waals surface area contributed by atoms with Crippen molar-refractivity contribution >= 4 is 27.9 Å². The quantitative estimate of drug-likeness (QED) is 0.758. The van der Waals surface area contributed by atoms with Gasteiger partial charge in [-0.1, -0.05) is 0 Å². The van der Waals surface area contributed by atoms with Crippen LogP contribution in [0.1, 0.15) is 16.1 Å². The summed E-state index contributed by atoms with van der Waals surface area (Å²) in [5.74, 6) is 0. The minimum Gasteiger partial charge on any atom is -0.295 e. The Balaban J connectivity index is 2.83. The molecule has 8 heteroatoms. The lowest BCUT2D eigenvalue weighted by Gasteiger charge is -2.09. The zero-order valence-corrected chi connectivity index (χ0v) is 10.2. The number of carbonyl (C=O) groups excluding carboxylic acids is 1. The van der Waals surface area contributed by atoms with Crippen molar-refractivity contribution in [2.45, 2.75) is 6.18 Å². The second kappa shape index (κ2) is 4.34. The number of aromatic nitrogens is 2. The Morgan fingerprint density at radius 3 is 2.53 bits per heavy atom. The molecule has 0 aliphatic rings. The van der Waals surface area contributed by atoms with Gasteiger partial charge in [-0.25, -0.2) is 4.98 Å². The molecule has 0 saturated heterocycles. The molecule has 0 aliphatic carbocycles. The van der Waals surface area contributed by atoms with Crippen LogP contribution in [0.2, 0.25) is 0 Å². The number of halogens is 4. The minimum absolute atomic E-state index is 0.165. The monoisotopic (exact) mass is 290 g/mol. The molecule has 100 valence electrons. The number of carbonyl (C=O) groups is 1. The standard InChI is InChI=1S/C11H6ClF3N2O2/c1-17-9-5(4-6(8(12)18)10(17)19)2-3-7(16-9)11(13,14)15/h2-4H,1H3. The fourth-order valence-corrected chi connectivity index (χ4v) is 1.77. The van der Waals surface area contributed by atoms with E-state index in [1.54, 1.807) is 0 Å². The maximum absolute atomic E-state index is 12.5. The van der Waals surface area contributed by atoms with Gasteiger partial charge in [-0.15, -0.1) is 0 Å². The fourth-order valence-electron chi connectivity index (χ4n) is 1.63. The predicted molar refractivity (Wildman–Crippen MR) is 62.2 cm³/mol. The Kier molecular flexibility index (Phi) is 3.09. The Morgan fingerprint density at radius 1 is 1.37 bits per heavy atom. The lowest BCUT2D eigenvalue weighted by Crippen LogP contribution is -2.24. The summed E-state index contributed by atoms with van der Waals surface area (Å²) in [5, 5.41) is -0.749. The third kappa shape index (κ3) is 2.33. The van der Waals surface area contributed by atoms with Gasteiger partial charge in [0.2, 0.25) is 0 Å². The van der Waals surface area contributed by atoms with Crippen LogP contribution in [0.4, 0.5) is 13.2 Å². The molecule has 0 bridgehead atoms. The summed E-state index contributed by atoms with van der Waals surface area (Å²) in [6.45, 7) is 0. The van der Waals surface area contributed by atoms with Crippen LogP contribution >= 0.6 is 11.6 Å². The van der Waals surface area contributed by atoms with Gasteiger partial charge in [0.05, 0.1) is 0 Å². The molecule has 2 rings (SSSR count). The molecule has 2 heterocycles. The molecule has 0 amide bonds. The van der Waals surface area contributed by atoms with Crippen molar-refractivity contribution in [1.29, 1.82) is 0 Å². The van der Waals surface area contributed by atoms with Gasteiger partial charge in [0, 0.05) is 12.4 Å². The van der Waals surface area contributed by atoms with Crippen LogP contribution in [0.3, 0.4) is 0 Å². The molecular weight excluding hydrogens is 285 g/mol. The van der Waals surface area contributed by atoms with Crippen LogP contribution in [0.15, 0.2) is 23.0 Å². The van der Waals surface area contributed by atoms with Gasteiger partial charge in [-0.3, -0.25) is 14.2 Å². The van der Waals surface area contributed by atoms with Gasteiger partial charge in [0.25, 0.3) is 10.8 Å². The van der Waals surface area contributed by atoms with E-state index in [2.05, 4.69) is 4.98 Å². The van der Waals surface area contributed by atoms with E-state index >= 15 is 0 Å². The van der Waals surface area contributed by atoms with Gasteiger partial charge in [-0.05, 0) is 29.8 Å². The van der Waals surface area contributed by atoms with Crippen molar-refractivity contribution in [3.63, 3.8) is 0 Å². The van der Waals surface area contributed by atoms with Crippen LogP contribution in [0, 0.1) is 0 Å². The molecule has 0 aromatic carbocycles. The van der Waals surface area contributed by atoms with Crippen LogP contribution in [0.5, 0.6) is 0 Å². The highest BCUT2D eigenvalue weighted by atomic mass is 35.5. The predicted octanol–water partition coefficient (Wildman–Crippen LogP) is 2.33. The molecule has 2 aromatic heterocycles. The zero-order valence-electron chi connectivity index (χ0n) is 9.45. The van der Waals surface area contributed by atoms with E-state index in [9.17, 15) is 22.8 Å². The van der Waals surface area contributed by atoms with Gasteiger partial charge < -0.3 is 0 Å². The number of alkyl halides is 3.